The molecule has 0 fully saturated rings. The van der Waals surface area contributed by atoms with E-state index in [1.54, 1.807) is 13.1 Å². The second-order valence-corrected chi connectivity index (χ2v) is 3.95. The van der Waals surface area contributed by atoms with E-state index in [0.717, 1.165) is 11.1 Å². The summed E-state index contributed by atoms with van der Waals surface area (Å²) in [6, 6.07) is 1.75. The number of nitrogen functional groups attached to an aromatic ring is 1. The minimum Gasteiger partial charge on any atom is -0.502 e. The number of aromatic hydroxyl groups is 1. The Morgan fingerprint density at radius 2 is 2.33 bits per heavy atom. The molecule has 0 aromatic carbocycles. The average molecular weight is 223 g/mol. The molecular weight excluding hydrogens is 214 g/mol. The molecule has 0 aliphatic carbocycles. The normalized spacial score (nSPS) is 10.5. The molecule has 0 radical (unpaired) electrons. The van der Waals surface area contributed by atoms with E-state index in [1.807, 2.05) is 5.38 Å². The highest BCUT2D eigenvalue weighted by Crippen LogP contribution is 2.29. The Balaban J connectivity index is 2.71. The molecule has 2 heterocycles. The van der Waals surface area contributed by atoms with Gasteiger partial charge in [0.2, 0.25) is 0 Å². The van der Waals surface area contributed by atoms with Gasteiger partial charge in [0.05, 0.1) is 16.8 Å². The Morgan fingerprint density at radius 1 is 1.60 bits per heavy atom. The second kappa shape index (κ2) is 3.39. The van der Waals surface area contributed by atoms with Gasteiger partial charge >= 0.3 is 0 Å². The molecule has 0 aliphatic heterocycles. The van der Waals surface area contributed by atoms with Crippen LogP contribution in [0.1, 0.15) is 0 Å². The Bertz CT molecular complexity index is 559. The van der Waals surface area contributed by atoms with Crippen LogP contribution in [0.4, 0.5) is 5.69 Å². The predicted molar refractivity (Wildman–Crippen MR) is 58.9 cm³/mol. The van der Waals surface area contributed by atoms with E-state index in [9.17, 15) is 4.79 Å². The maximum atomic E-state index is 11.4. The van der Waals surface area contributed by atoms with Gasteiger partial charge in [-0.2, -0.15) is 0 Å². The molecule has 0 spiro atoms. The molecule has 78 valence electrons. The number of rotatable bonds is 1. The van der Waals surface area contributed by atoms with Crippen molar-refractivity contribution in [1.82, 2.24) is 9.55 Å². The molecule has 0 saturated carbocycles. The molecule has 0 amide bonds. The Morgan fingerprint density at radius 3 is 2.93 bits per heavy atom. The van der Waals surface area contributed by atoms with Crippen LogP contribution >= 0.6 is 11.3 Å². The van der Waals surface area contributed by atoms with Gasteiger partial charge in [-0.3, -0.25) is 9.36 Å². The van der Waals surface area contributed by atoms with E-state index in [0.29, 0.717) is 11.5 Å². The summed E-state index contributed by atoms with van der Waals surface area (Å²) in [5.74, 6) is 0.0988. The average Bonchev–Trinajstić information content (AvgIpc) is 2.62. The molecular formula is C9H9N3O2S. The minimum atomic E-state index is -0.479. The molecule has 0 unspecified atom stereocenters. The van der Waals surface area contributed by atoms with Gasteiger partial charge in [-0.05, 0) is 11.4 Å². The van der Waals surface area contributed by atoms with Gasteiger partial charge in [-0.25, -0.2) is 4.98 Å². The molecule has 2 aromatic rings. The van der Waals surface area contributed by atoms with Crippen molar-refractivity contribution in [2.45, 2.75) is 0 Å². The monoisotopic (exact) mass is 223 g/mol. The van der Waals surface area contributed by atoms with E-state index in [1.165, 1.54) is 15.9 Å². The first-order chi connectivity index (χ1) is 7.11. The van der Waals surface area contributed by atoms with Crippen LogP contribution in [0.15, 0.2) is 22.4 Å². The second-order valence-electron chi connectivity index (χ2n) is 3.04. The molecule has 0 aliphatic rings. The number of anilines is 1. The first kappa shape index (κ1) is 9.72. The zero-order valence-corrected chi connectivity index (χ0v) is 8.78. The Labute approximate surface area is 89.4 Å². The lowest BCUT2D eigenvalue weighted by Gasteiger charge is -2.05. The molecule has 15 heavy (non-hydrogen) atoms. The van der Waals surface area contributed by atoms with Gasteiger partial charge in [0.1, 0.15) is 0 Å². The summed E-state index contributed by atoms with van der Waals surface area (Å²) in [4.78, 5) is 16.1. The summed E-state index contributed by atoms with van der Waals surface area (Å²) in [5, 5.41) is 11.0. The van der Waals surface area contributed by atoms with Crippen molar-refractivity contribution in [2.75, 3.05) is 5.73 Å². The van der Waals surface area contributed by atoms with E-state index >= 15 is 0 Å². The highest BCUT2D eigenvalue weighted by molar-refractivity contribution is 7.14. The summed E-state index contributed by atoms with van der Waals surface area (Å²) in [6.45, 7) is 0. The van der Waals surface area contributed by atoms with Crippen LogP contribution in [0.5, 0.6) is 5.75 Å². The van der Waals surface area contributed by atoms with E-state index in [4.69, 9.17) is 10.8 Å². The van der Waals surface area contributed by atoms with Crippen LogP contribution in [0.2, 0.25) is 0 Å². The van der Waals surface area contributed by atoms with Crippen LogP contribution < -0.4 is 11.3 Å². The van der Waals surface area contributed by atoms with Gasteiger partial charge in [-0.1, -0.05) is 0 Å². The highest BCUT2D eigenvalue weighted by atomic mass is 32.1. The molecule has 2 rings (SSSR count). The van der Waals surface area contributed by atoms with Gasteiger partial charge < -0.3 is 10.8 Å². The van der Waals surface area contributed by atoms with Gasteiger partial charge in [0.15, 0.2) is 11.6 Å². The first-order valence-corrected chi connectivity index (χ1v) is 5.07. The van der Waals surface area contributed by atoms with E-state index in [-0.39, 0.29) is 5.75 Å². The number of thiophene rings is 1. The third kappa shape index (κ3) is 1.48. The molecule has 3 N–H and O–H groups in total. The number of hydrogen-bond acceptors (Lipinski definition) is 5. The smallest absolute Gasteiger partial charge is 0.295 e. The third-order valence-electron chi connectivity index (χ3n) is 2.05. The fraction of sp³-hybridized carbons (Fsp3) is 0.111. The standard InChI is InChI=1S/C9H9N3O2S/c1-12-8(7-5(10)2-3-15-7)11-4-6(13)9(12)14/h2-4,13H,10H2,1H3. The number of aromatic nitrogens is 2. The third-order valence-corrected chi connectivity index (χ3v) is 2.98. The maximum Gasteiger partial charge on any atom is 0.295 e. The lowest BCUT2D eigenvalue weighted by molar-refractivity contribution is 0.457. The summed E-state index contributed by atoms with van der Waals surface area (Å²) in [7, 11) is 1.55. The molecule has 0 atom stereocenters. The number of nitrogens with two attached hydrogens (primary N) is 1. The van der Waals surface area contributed by atoms with Crippen LogP contribution in [0.25, 0.3) is 10.7 Å². The van der Waals surface area contributed by atoms with Crippen LogP contribution in [-0.4, -0.2) is 14.7 Å². The Hall–Kier alpha value is -1.82. The molecule has 2 aromatic heterocycles. The molecule has 0 bridgehead atoms. The summed E-state index contributed by atoms with van der Waals surface area (Å²) >= 11 is 1.40. The first-order valence-electron chi connectivity index (χ1n) is 4.19. The molecule has 0 saturated heterocycles. The topological polar surface area (TPSA) is 81.1 Å². The zero-order chi connectivity index (χ0) is 11.0. The van der Waals surface area contributed by atoms with Crippen molar-refractivity contribution in [3.63, 3.8) is 0 Å². The highest BCUT2D eigenvalue weighted by Gasteiger charge is 2.11. The lowest BCUT2D eigenvalue weighted by Crippen LogP contribution is -2.18. The van der Waals surface area contributed by atoms with Crippen molar-refractivity contribution >= 4 is 17.0 Å². The summed E-state index contributed by atoms with van der Waals surface area (Å²) in [5.41, 5.74) is 5.82. The maximum absolute atomic E-state index is 11.4. The van der Waals surface area contributed by atoms with Crippen molar-refractivity contribution in [3.05, 3.63) is 28.0 Å². The van der Waals surface area contributed by atoms with Crippen molar-refractivity contribution in [2.24, 2.45) is 7.05 Å². The molecule has 6 heteroatoms. The van der Waals surface area contributed by atoms with Crippen molar-refractivity contribution in [1.29, 1.82) is 0 Å². The largest absolute Gasteiger partial charge is 0.502 e. The summed E-state index contributed by atoms with van der Waals surface area (Å²) < 4.78 is 1.28. The number of hydrogen-bond donors (Lipinski definition) is 2. The Kier molecular flexibility index (Phi) is 2.20. The number of nitrogens with zero attached hydrogens (tertiary/aromatic N) is 2. The zero-order valence-electron chi connectivity index (χ0n) is 7.97. The minimum absolute atomic E-state index is 0.364. The quantitative estimate of drug-likeness (QED) is 0.749. The van der Waals surface area contributed by atoms with Gasteiger partial charge in [-0.15, -0.1) is 11.3 Å². The van der Waals surface area contributed by atoms with Gasteiger partial charge in [0, 0.05) is 7.05 Å². The SMILES string of the molecule is Cn1c(-c2sccc2N)ncc(O)c1=O. The van der Waals surface area contributed by atoms with Crippen molar-refractivity contribution < 1.29 is 5.11 Å². The van der Waals surface area contributed by atoms with Crippen molar-refractivity contribution in [3.8, 4) is 16.5 Å². The van der Waals surface area contributed by atoms with Crippen LogP contribution in [0, 0.1) is 0 Å². The molecule has 5 nitrogen and oxygen atoms in total. The van der Waals surface area contributed by atoms with Crippen LogP contribution in [-0.2, 0) is 7.05 Å². The fourth-order valence-corrected chi connectivity index (χ4v) is 2.09. The van der Waals surface area contributed by atoms with E-state index < -0.39 is 5.56 Å². The van der Waals surface area contributed by atoms with E-state index in [2.05, 4.69) is 4.98 Å². The predicted octanol–water partition coefficient (Wildman–Crippen LogP) is 0.797. The fourth-order valence-electron chi connectivity index (χ4n) is 1.24. The van der Waals surface area contributed by atoms with Crippen LogP contribution in [0.3, 0.4) is 0 Å². The lowest BCUT2D eigenvalue weighted by atomic mass is 10.3. The summed E-state index contributed by atoms with van der Waals surface area (Å²) in [6.07, 6.45) is 1.14. The van der Waals surface area contributed by atoms with Gasteiger partial charge in [0.25, 0.3) is 5.56 Å².